The first kappa shape index (κ1) is 20.5. The van der Waals surface area contributed by atoms with Crippen LogP contribution in [-0.4, -0.2) is 22.1 Å². The molecule has 158 valence electrons. The molecule has 0 saturated carbocycles. The molecule has 1 heterocycles. The second kappa shape index (κ2) is 8.91. The number of hydrogen-bond acceptors (Lipinski definition) is 3. The van der Waals surface area contributed by atoms with Gasteiger partial charge >= 0.3 is 6.61 Å². The molecule has 0 saturated heterocycles. The van der Waals surface area contributed by atoms with Crippen molar-refractivity contribution in [2.45, 2.75) is 19.2 Å². The van der Waals surface area contributed by atoms with Crippen molar-refractivity contribution in [2.75, 3.05) is 0 Å². The number of alkyl halides is 2. The number of imidazole rings is 1. The molecule has 5 nitrogen and oxygen atoms in total. The molecule has 31 heavy (non-hydrogen) atoms. The lowest BCUT2D eigenvalue weighted by Crippen LogP contribution is -2.31. The van der Waals surface area contributed by atoms with E-state index in [1.807, 2.05) is 28.8 Å². The van der Waals surface area contributed by atoms with Crippen LogP contribution in [0.3, 0.4) is 0 Å². The van der Waals surface area contributed by atoms with Crippen molar-refractivity contribution in [1.29, 1.82) is 0 Å². The minimum Gasteiger partial charge on any atom is -0.434 e. The lowest BCUT2D eigenvalue weighted by molar-refractivity contribution is -0.0501. The lowest BCUT2D eigenvalue weighted by Gasteiger charge is -2.21. The smallest absolute Gasteiger partial charge is 0.387 e. The zero-order chi connectivity index (χ0) is 21.8. The summed E-state index contributed by atoms with van der Waals surface area (Å²) in [6.07, 6.45) is 1.65. The van der Waals surface area contributed by atoms with Gasteiger partial charge in [-0.2, -0.15) is 8.78 Å². The van der Waals surface area contributed by atoms with Crippen LogP contribution in [0.2, 0.25) is 0 Å². The van der Waals surface area contributed by atoms with Crippen LogP contribution in [0, 0.1) is 5.82 Å². The first-order valence-electron chi connectivity index (χ1n) is 9.51. The van der Waals surface area contributed by atoms with E-state index in [0.29, 0.717) is 12.1 Å². The highest BCUT2D eigenvalue weighted by Crippen LogP contribution is 2.24. The number of carbonyl (C=O) groups is 1. The summed E-state index contributed by atoms with van der Waals surface area (Å²) in [6.45, 7) is -2.75. The Labute approximate surface area is 176 Å². The van der Waals surface area contributed by atoms with Crippen molar-refractivity contribution in [2.24, 2.45) is 0 Å². The summed E-state index contributed by atoms with van der Waals surface area (Å²) >= 11 is 0. The van der Waals surface area contributed by atoms with E-state index >= 15 is 0 Å². The van der Waals surface area contributed by atoms with Crippen molar-refractivity contribution in [3.05, 3.63) is 96.1 Å². The van der Waals surface area contributed by atoms with Crippen LogP contribution in [0.15, 0.2) is 79.1 Å². The quantitative estimate of drug-likeness (QED) is 0.456. The number of ether oxygens (including phenoxy) is 1. The summed E-state index contributed by atoms with van der Waals surface area (Å²) in [5.74, 6) is -1.21. The summed E-state index contributed by atoms with van der Waals surface area (Å²) in [6, 6.07) is 18.5. The van der Waals surface area contributed by atoms with E-state index in [2.05, 4.69) is 15.0 Å². The zero-order valence-corrected chi connectivity index (χ0v) is 16.2. The average molecular weight is 425 g/mol. The SMILES string of the molecule is O=C(NC(Cn1cnc2ccccc21)c1ccc(F)cc1)c1ccccc1OC(F)F. The Morgan fingerprint density at radius 2 is 1.71 bits per heavy atom. The third-order valence-corrected chi connectivity index (χ3v) is 4.83. The normalized spacial score (nSPS) is 12.1. The van der Waals surface area contributed by atoms with Crippen LogP contribution >= 0.6 is 0 Å². The van der Waals surface area contributed by atoms with Crippen molar-refractivity contribution in [3.63, 3.8) is 0 Å². The molecule has 1 atom stereocenters. The van der Waals surface area contributed by atoms with Crippen LogP contribution < -0.4 is 10.1 Å². The Balaban J connectivity index is 1.65. The van der Waals surface area contributed by atoms with Crippen LogP contribution in [0.25, 0.3) is 11.0 Å². The molecule has 0 bridgehead atoms. The van der Waals surface area contributed by atoms with Gasteiger partial charge in [-0.15, -0.1) is 0 Å². The lowest BCUT2D eigenvalue weighted by atomic mass is 10.1. The summed E-state index contributed by atoms with van der Waals surface area (Å²) in [5.41, 5.74) is 2.29. The van der Waals surface area contributed by atoms with Crippen LogP contribution in [0.5, 0.6) is 5.75 Å². The van der Waals surface area contributed by atoms with Gasteiger partial charge in [0, 0.05) is 6.54 Å². The Kier molecular flexibility index (Phi) is 5.88. The summed E-state index contributed by atoms with van der Waals surface area (Å²) in [5, 5.41) is 2.85. The third-order valence-electron chi connectivity index (χ3n) is 4.83. The van der Waals surface area contributed by atoms with Gasteiger partial charge in [-0.1, -0.05) is 36.4 Å². The molecule has 0 aliphatic rings. The van der Waals surface area contributed by atoms with Crippen LogP contribution in [-0.2, 0) is 6.54 Å². The topological polar surface area (TPSA) is 56.2 Å². The summed E-state index contributed by atoms with van der Waals surface area (Å²) in [4.78, 5) is 17.3. The number of benzene rings is 3. The molecule has 4 aromatic rings. The number of halogens is 3. The van der Waals surface area contributed by atoms with E-state index in [1.54, 1.807) is 24.5 Å². The Morgan fingerprint density at radius 3 is 2.48 bits per heavy atom. The standard InChI is InChI=1S/C23H18F3N3O2/c24-16-11-9-15(10-12-16)19(13-29-14-27-18-6-2-3-7-20(18)29)28-22(30)17-5-1-4-8-21(17)31-23(25)26/h1-12,14,19,23H,13H2,(H,28,30). The van der Waals surface area contributed by atoms with E-state index in [0.717, 1.165) is 11.0 Å². The second-order valence-electron chi connectivity index (χ2n) is 6.84. The van der Waals surface area contributed by atoms with Gasteiger partial charge in [0.25, 0.3) is 5.91 Å². The number of hydrogen-bond donors (Lipinski definition) is 1. The maximum Gasteiger partial charge on any atom is 0.387 e. The number of para-hydroxylation sites is 3. The minimum absolute atomic E-state index is 0.0228. The molecule has 0 aliphatic heterocycles. The van der Waals surface area contributed by atoms with Gasteiger partial charge in [0.2, 0.25) is 0 Å². The van der Waals surface area contributed by atoms with Crippen molar-refractivity contribution >= 4 is 16.9 Å². The number of amides is 1. The fourth-order valence-corrected chi connectivity index (χ4v) is 3.37. The molecule has 8 heteroatoms. The van der Waals surface area contributed by atoms with Crippen molar-refractivity contribution in [1.82, 2.24) is 14.9 Å². The highest BCUT2D eigenvalue weighted by molar-refractivity contribution is 5.97. The van der Waals surface area contributed by atoms with Gasteiger partial charge in [0.1, 0.15) is 11.6 Å². The van der Waals surface area contributed by atoms with Crippen molar-refractivity contribution in [3.8, 4) is 5.75 Å². The molecule has 0 aliphatic carbocycles. The summed E-state index contributed by atoms with van der Waals surface area (Å²) in [7, 11) is 0. The minimum atomic E-state index is -3.06. The largest absolute Gasteiger partial charge is 0.434 e. The molecule has 0 radical (unpaired) electrons. The number of carbonyl (C=O) groups excluding carboxylic acids is 1. The predicted octanol–water partition coefficient (Wildman–Crippen LogP) is 4.95. The molecule has 3 aromatic carbocycles. The molecule has 1 aromatic heterocycles. The monoisotopic (exact) mass is 425 g/mol. The van der Waals surface area contributed by atoms with Crippen LogP contribution in [0.4, 0.5) is 13.2 Å². The van der Waals surface area contributed by atoms with Crippen molar-refractivity contribution < 1.29 is 22.7 Å². The van der Waals surface area contributed by atoms with E-state index in [9.17, 15) is 18.0 Å². The Morgan fingerprint density at radius 1 is 1.00 bits per heavy atom. The van der Waals surface area contributed by atoms with E-state index < -0.39 is 24.4 Å². The number of rotatable bonds is 7. The van der Waals surface area contributed by atoms with Gasteiger partial charge in [-0.05, 0) is 42.0 Å². The summed E-state index contributed by atoms with van der Waals surface area (Å²) < 4.78 is 45.2. The Hall–Kier alpha value is -3.81. The molecule has 0 spiro atoms. The zero-order valence-electron chi connectivity index (χ0n) is 16.2. The average Bonchev–Trinajstić information content (AvgIpc) is 3.17. The first-order chi connectivity index (χ1) is 15.0. The molecule has 0 fully saturated rings. The number of fused-ring (bicyclic) bond motifs is 1. The second-order valence-corrected chi connectivity index (χ2v) is 6.84. The molecule has 4 rings (SSSR count). The van der Waals surface area contributed by atoms with Gasteiger partial charge in [0.05, 0.1) is 29.0 Å². The number of aromatic nitrogens is 2. The molecule has 1 amide bonds. The van der Waals surface area contributed by atoms with E-state index in [-0.39, 0.29) is 11.3 Å². The van der Waals surface area contributed by atoms with Gasteiger partial charge in [-0.3, -0.25) is 4.79 Å². The fourth-order valence-electron chi connectivity index (χ4n) is 3.37. The maximum atomic E-state index is 13.4. The van der Waals surface area contributed by atoms with E-state index in [4.69, 9.17) is 0 Å². The third kappa shape index (κ3) is 4.69. The molecular weight excluding hydrogens is 407 g/mol. The van der Waals surface area contributed by atoms with Gasteiger partial charge < -0.3 is 14.6 Å². The molecular formula is C23H18F3N3O2. The highest BCUT2D eigenvalue weighted by Gasteiger charge is 2.21. The Bertz CT molecular complexity index is 1190. The first-order valence-corrected chi connectivity index (χ1v) is 9.51. The molecule has 1 unspecified atom stereocenters. The predicted molar refractivity (Wildman–Crippen MR) is 109 cm³/mol. The highest BCUT2D eigenvalue weighted by atomic mass is 19.3. The van der Waals surface area contributed by atoms with Crippen LogP contribution in [0.1, 0.15) is 22.0 Å². The maximum absolute atomic E-state index is 13.4. The molecule has 1 N–H and O–H groups in total. The number of nitrogens with one attached hydrogen (secondary N) is 1. The van der Waals surface area contributed by atoms with E-state index in [1.165, 1.54) is 30.3 Å². The fraction of sp³-hybridized carbons (Fsp3) is 0.130. The number of nitrogens with zero attached hydrogens (tertiary/aromatic N) is 2. The van der Waals surface area contributed by atoms with Gasteiger partial charge in [-0.25, -0.2) is 9.37 Å². The van der Waals surface area contributed by atoms with Gasteiger partial charge in [0.15, 0.2) is 0 Å².